The lowest BCUT2D eigenvalue weighted by Crippen LogP contribution is -2.68. The first kappa shape index (κ1) is 27.9. The van der Waals surface area contributed by atoms with E-state index in [1.54, 1.807) is 12.1 Å². The number of benzene rings is 2. The Bertz CT molecular complexity index is 1460. The van der Waals surface area contributed by atoms with Crippen LogP contribution in [-0.4, -0.2) is 63.8 Å². The highest BCUT2D eigenvalue weighted by Gasteiger charge is 2.60. The average molecular weight is 565 g/mol. The van der Waals surface area contributed by atoms with Crippen LogP contribution in [0.1, 0.15) is 34.3 Å². The number of piperidine rings is 1. The van der Waals surface area contributed by atoms with E-state index in [2.05, 4.69) is 21.0 Å². The second-order valence-corrected chi connectivity index (χ2v) is 12.5. The fraction of sp³-hybridized carbons (Fsp3) is 0.345. The molecule has 2 amide bonds. The van der Waals surface area contributed by atoms with E-state index >= 15 is 0 Å². The van der Waals surface area contributed by atoms with Gasteiger partial charge in [0.15, 0.2) is 5.69 Å². The van der Waals surface area contributed by atoms with Crippen molar-refractivity contribution < 1.29 is 22.7 Å². The number of ether oxygens (including phenoxy) is 1. The van der Waals surface area contributed by atoms with Crippen molar-refractivity contribution in [3.63, 3.8) is 0 Å². The zero-order valence-electron chi connectivity index (χ0n) is 22.4. The molecule has 1 saturated heterocycles. The van der Waals surface area contributed by atoms with Crippen LogP contribution in [0.3, 0.4) is 0 Å². The average Bonchev–Trinajstić information content (AvgIpc) is 3.23. The molecule has 1 aromatic heterocycles. The quantitative estimate of drug-likeness (QED) is 0.340. The molecule has 5 rings (SSSR count). The maximum absolute atomic E-state index is 13.9. The summed E-state index contributed by atoms with van der Waals surface area (Å²) in [4.78, 5) is 30.9. The van der Waals surface area contributed by atoms with Gasteiger partial charge in [0.05, 0.1) is 24.9 Å². The van der Waals surface area contributed by atoms with Crippen molar-refractivity contribution in [3.05, 3.63) is 95.8 Å². The van der Waals surface area contributed by atoms with Crippen LogP contribution in [0.25, 0.3) is 0 Å². The normalized spacial score (nSPS) is 20.4. The van der Waals surface area contributed by atoms with Gasteiger partial charge in [-0.25, -0.2) is 0 Å². The Labute approximate surface area is 234 Å². The number of sulfonamides is 1. The predicted molar refractivity (Wildman–Crippen MR) is 151 cm³/mol. The fourth-order valence-corrected chi connectivity index (χ4v) is 6.95. The number of nitrogens with zero attached hydrogens (tertiary/aromatic N) is 2. The number of nitrogens with one attached hydrogen (secondary N) is 3. The Hall–Kier alpha value is -3.64. The molecule has 0 bridgehead atoms. The zero-order valence-corrected chi connectivity index (χ0v) is 23.2. The molecule has 2 aliphatic heterocycles. The predicted octanol–water partition coefficient (Wildman–Crippen LogP) is 2.03. The second-order valence-electron chi connectivity index (χ2n) is 10.4. The number of amides is 2. The van der Waals surface area contributed by atoms with Crippen LogP contribution in [-0.2, 0) is 31.6 Å². The van der Waals surface area contributed by atoms with Crippen LogP contribution in [0.5, 0.6) is 0 Å². The van der Waals surface area contributed by atoms with E-state index in [0.717, 1.165) is 43.3 Å². The fourth-order valence-electron chi connectivity index (χ4n) is 5.70. The number of pyridine rings is 1. The van der Waals surface area contributed by atoms with E-state index < -0.39 is 37.3 Å². The van der Waals surface area contributed by atoms with Gasteiger partial charge in [-0.05, 0) is 43.6 Å². The van der Waals surface area contributed by atoms with E-state index in [1.807, 2.05) is 42.5 Å². The summed E-state index contributed by atoms with van der Waals surface area (Å²) in [5.41, 5.74) is 5.13. The number of rotatable bonds is 9. The standard InChI is InChI=1S/C29H33N5O5S/c1-40(37,38)34(21-29(13-17-31-18-14-29)24-9-5-6-10-26(24)34)33-28(36)25(20-39-19-22-7-3-2-4-8-22)32-27(35)23-11-15-30-16-12-23/h2-12,15-16,25,31H,13-14,17-21H2,1H3,(H-,32,33,35,36)/p+1. The van der Waals surface area contributed by atoms with Gasteiger partial charge < -0.3 is 15.4 Å². The zero-order chi connectivity index (χ0) is 28.2. The molecule has 0 aliphatic carbocycles. The van der Waals surface area contributed by atoms with Gasteiger partial charge in [0.25, 0.3) is 11.8 Å². The molecule has 2 unspecified atom stereocenters. The second kappa shape index (κ2) is 11.5. The topological polar surface area (TPSA) is 126 Å². The number of aromatic nitrogens is 1. The summed E-state index contributed by atoms with van der Waals surface area (Å²) in [6.07, 6.45) is 5.61. The Morgan fingerprint density at radius 1 is 1.02 bits per heavy atom. The summed E-state index contributed by atoms with van der Waals surface area (Å²) in [5.74, 6) is -1.14. The highest BCUT2D eigenvalue weighted by atomic mass is 32.2. The third-order valence-corrected chi connectivity index (χ3v) is 9.32. The van der Waals surface area contributed by atoms with Crippen molar-refractivity contribution in [2.24, 2.45) is 0 Å². The van der Waals surface area contributed by atoms with Crippen molar-refractivity contribution >= 4 is 27.5 Å². The summed E-state index contributed by atoms with van der Waals surface area (Å²) in [5, 5.41) is 6.09. The van der Waals surface area contributed by atoms with E-state index in [1.165, 1.54) is 24.5 Å². The molecule has 2 aromatic carbocycles. The molecule has 1 fully saturated rings. The van der Waals surface area contributed by atoms with E-state index in [9.17, 15) is 18.0 Å². The van der Waals surface area contributed by atoms with Gasteiger partial charge in [-0.3, -0.25) is 14.6 Å². The number of hydrogen-bond donors (Lipinski definition) is 3. The van der Waals surface area contributed by atoms with Gasteiger partial charge >= 0.3 is 10.0 Å². The smallest absolute Gasteiger partial charge is 0.321 e. The molecule has 40 heavy (non-hydrogen) atoms. The Morgan fingerprint density at radius 2 is 1.70 bits per heavy atom. The first-order valence-corrected chi connectivity index (χ1v) is 15.1. The molecule has 3 N–H and O–H groups in total. The molecule has 11 heteroatoms. The highest BCUT2D eigenvalue weighted by molar-refractivity contribution is 7.90. The van der Waals surface area contributed by atoms with Crippen LogP contribution >= 0.6 is 0 Å². The van der Waals surface area contributed by atoms with E-state index in [0.29, 0.717) is 11.3 Å². The number of carbonyl (C=O) groups is 2. The SMILES string of the molecule is CS(=O)(=O)[N+]1(NC(=O)C(COCc2ccccc2)NC(=O)c2ccncc2)CC2(CCNCC2)c2ccccc21. The lowest BCUT2D eigenvalue weighted by atomic mass is 9.75. The first-order chi connectivity index (χ1) is 19.2. The number of quaternary nitrogens is 1. The molecular weight excluding hydrogens is 530 g/mol. The summed E-state index contributed by atoms with van der Waals surface area (Å²) >= 11 is 0. The Morgan fingerprint density at radius 3 is 2.40 bits per heavy atom. The number of para-hydroxylation sites is 1. The highest BCUT2D eigenvalue weighted by Crippen LogP contribution is 2.50. The van der Waals surface area contributed by atoms with Crippen molar-refractivity contribution in [1.29, 1.82) is 0 Å². The van der Waals surface area contributed by atoms with Crippen molar-refractivity contribution in [2.75, 3.05) is 32.5 Å². The minimum Gasteiger partial charge on any atom is -0.374 e. The number of fused-ring (bicyclic) bond motifs is 2. The van der Waals surface area contributed by atoms with E-state index in [-0.39, 0.29) is 19.8 Å². The first-order valence-electron chi connectivity index (χ1n) is 13.3. The van der Waals surface area contributed by atoms with Crippen molar-refractivity contribution in [2.45, 2.75) is 30.9 Å². The third kappa shape index (κ3) is 5.50. The third-order valence-electron chi connectivity index (χ3n) is 7.77. The maximum Gasteiger partial charge on any atom is 0.321 e. The monoisotopic (exact) mass is 564 g/mol. The molecule has 0 saturated carbocycles. The van der Waals surface area contributed by atoms with Crippen LogP contribution < -0.4 is 20.1 Å². The molecule has 0 radical (unpaired) electrons. The minimum atomic E-state index is -3.90. The van der Waals surface area contributed by atoms with Crippen LogP contribution in [0.4, 0.5) is 5.69 Å². The van der Waals surface area contributed by atoms with Gasteiger partial charge in [-0.2, -0.15) is 13.8 Å². The molecule has 2 atom stereocenters. The van der Waals surface area contributed by atoms with Gasteiger partial charge in [-0.15, -0.1) is 0 Å². The molecule has 210 valence electrons. The number of carbonyl (C=O) groups excluding carboxylic acids is 2. The van der Waals surface area contributed by atoms with Crippen LogP contribution in [0.15, 0.2) is 79.1 Å². The van der Waals surface area contributed by atoms with Crippen LogP contribution in [0.2, 0.25) is 0 Å². The Balaban J connectivity index is 1.45. The molecule has 2 aliphatic rings. The summed E-state index contributed by atoms with van der Waals surface area (Å²) in [6.45, 7) is 1.75. The lowest BCUT2D eigenvalue weighted by molar-refractivity contribution is -0.127. The van der Waals surface area contributed by atoms with Crippen molar-refractivity contribution in [1.82, 2.24) is 25.0 Å². The van der Waals surface area contributed by atoms with Gasteiger partial charge in [-0.1, -0.05) is 52.5 Å². The lowest BCUT2D eigenvalue weighted by Gasteiger charge is -2.36. The van der Waals surface area contributed by atoms with Crippen LogP contribution in [0, 0.1) is 0 Å². The summed E-state index contributed by atoms with van der Waals surface area (Å²) < 4.78 is 32.3. The molecule has 3 heterocycles. The Kier molecular flexibility index (Phi) is 7.99. The van der Waals surface area contributed by atoms with Gasteiger partial charge in [0.2, 0.25) is 0 Å². The molecular formula is C29H34N5O5S+. The number of hydrogen-bond acceptors (Lipinski definition) is 7. The molecule has 3 aromatic rings. The minimum absolute atomic E-state index is 0.155. The largest absolute Gasteiger partial charge is 0.374 e. The maximum atomic E-state index is 13.9. The van der Waals surface area contributed by atoms with Gasteiger partial charge in [0, 0.05) is 29.6 Å². The van der Waals surface area contributed by atoms with Crippen molar-refractivity contribution in [3.8, 4) is 0 Å². The summed E-state index contributed by atoms with van der Waals surface area (Å²) in [6, 6.07) is 18.8. The molecule has 1 spiro atoms. The van der Waals surface area contributed by atoms with E-state index in [4.69, 9.17) is 4.74 Å². The summed E-state index contributed by atoms with van der Waals surface area (Å²) in [7, 11) is -3.90. The van der Waals surface area contributed by atoms with Gasteiger partial charge in [0.1, 0.15) is 12.6 Å². The molecule has 10 nitrogen and oxygen atoms in total.